The molecule has 0 aliphatic carbocycles. The lowest BCUT2D eigenvalue weighted by Gasteiger charge is -2.07. The Labute approximate surface area is 94.1 Å². The Kier molecular flexibility index (Phi) is 2.68. The molecule has 0 saturated carbocycles. The number of H-pyrrole nitrogens is 1. The lowest BCUT2D eigenvalue weighted by molar-refractivity contribution is 0.393. The fourth-order valence-corrected chi connectivity index (χ4v) is 1.68. The number of aryl methyl sites for hydroxylation is 1. The molecule has 1 aromatic heterocycles. The van der Waals surface area contributed by atoms with Gasteiger partial charge in [0.15, 0.2) is 0 Å². The zero-order valence-electron chi connectivity index (χ0n) is 9.20. The summed E-state index contributed by atoms with van der Waals surface area (Å²) in [7, 11) is 7.02. The number of nitrogens with one attached hydrogen (secondary N) is 1. The second kappa shape index (κ2) is 4.00. The molecule has 0 saturated heterocycles. The molecular formula is C11H11BN2O2. The highest BCUT2D eigenvalue weighted by atomic mass is 16.5. The summed E-state index contributed by atoms with van der Waals surface area (Å²) in [5.74, 6) is 0.0763. The van der Waals surface area contributed by atoms with Gasteiger partial charge in [-0.15, -0.1) is 0 Å². The predicted octanol–water partition coefficient (Wildman–Crippen LogP) is 0.909. The summed E-state index contributed by atoms with van der Waals surface area (Å²) in [6, 6.07) is 3.73. The Balaban J connectivity index is 2.81. The molecule has 0 unspecified atom stereocenters. The Morgan fingerprint density at radius 1 is 1.50 bits per heavy atom. The molecule has 1 heterocycles. The highest BCUT2D eigenvalue weighted by molar-refractivity contribution is 6.08. The Hall–Kier alpha value is -1.78. The average Bonchev–Trinajstić information content (AvgIpc) is 2.30. The van der Waals surface area contributed by atoms with E-state index in [0.29, 0.717) is 17.4 Å². The molecule has 2 rings (SSSR count). The number of aromatic amines is 1. The summed E-state index contributed by atoms with van der Waals surface area (Å²) in [5, 5.41) is 0. The maximum Gasteiger partial charge on any atom is 0.311 e. The van der Waals surface area contributed by atoms with Crippen molar-refractivity contribution in [1.82, 2.24) is 9.97 Å². The molecule has 2 aromatic rings. The quantitative estimate of drug-likeness (QED) is 0.755. The van der Waals surface area contributed by atoms with Gasteiger partial charge in [-0.05, 0) is 18.6 Å². The third-order valence-corrected chi connectivity index (χ3v) is 2.62. The van der Waals surface area contributed by atoms with Crippen molar-refractivity contribution in [3.05, 3.63) is 33.6 Å². The second-order valence-electron chi connectivity index (χ2n) is 3.52. The van der Waals surface area contributed by atoms with Crippen LogP contribution < -0.4 is 10.3 Å². The van der Waals surface area contributed by atoms with Crippen molar-refractivity contribution in [2.75, 3.05) is 7.11 Å². The third kappa shape index (κ3) is 1.58. The fraction of sp³-hybridized carbons (Fsp3) is 0.273. The van der Waals surface area contributed by atoms with Crippen molar-refractivity contribution in [2.24, 2.45) is 0 Å². The van der Waals surface area contributed by atoms with Crippen molar-refractivity contribution < 1.29 is 4.74 Å². The molecule has 0 atom stereocenters. The van der Waals surface area contributed by atoms with Crippen LogP contribution >= 0.6 is 0 Å². The van der Waals surface area contributed by atoms with Gasteiger partial charge in [-0.3, -0.25) is 4.79 Å². The van der Waals surface area contributed by atoms with Crippen LogP contribution in [0.15, 0.2) is 16.9 Å². The van der Waals surface area contributed by atoms with Crippen LogP contribution in [-0.4, -0.2) is 24.9 Å². The van der Waals surface area contributed by atoms with E-state index in [1.54, 1.807) is 0 Å². The van der Waals surface area contributed by atoms with Crippen LogP contribution in [0.2, 0.25) is 0 Å². The highest BCUT2D eigenvalue weighted by Gasteiger charge is 2.08. The van der Waals surface area contributed by atoms with Crippen molar-refractivity contribution in [3.8, 4) is 5.88 Å². The molecule has 1 N–H and O–H groups in total. The molecule has 0 aliphatic heterocycles. The normalized spacial score (nSPS) is 10.6. The molecule has 0 amide bonds. The second-order valence-corrected chi connectivity index (χ2v) is 3.52. The molecular weight excluding hydrogens is 203 g/mol. The highest BCUT2D eigenvalue weighted by Crippen LogP contribution is 2.18. The standard InChI is InChI=1S/C11H11BN2O2/c1-6-7(5-12)3-4-8-9(6)14-10(15)11(13-8)16-2/h3-4H,5H2,1-2H3,(H,14,15). The van der Waals surface area contributed by atoms with Crippen LogP contribution in [0.1, 0.15) is 11.1 Å². The van der Waals surface area contributed by atoms with Crippen molar-refractivity contribution in [3.63, 3.8) is 0 Å². The van der Waals surface area contributed by atoms with Crippen molar-refractivity contribution >= 4 is 18.9 Å². The van der Waals surface area contributed by atoms with Gasteiger partial charge in [0.05, 0.1) is 26.0 Å². The van der Waals surface area contributed by atoms with Gasteiger partial charge >= 0.3 is 5.56 Å². The van der Waals surface area contributed by atoms with Crippen LogP contribution in [-0.2, 0) is 6.32 Å². The lowest BCUT2D eigenvalue weighted by Crippen LogP contribution is -2.12. The van der Waals surface area contributed by atoms with Crippen LogP contribution in [0.4, 0.5) is 0 Å². The van der Waals surface area contributed by atoms with E-state index in [1.165, 1.54) is 7.11 Å². The van der Waals surface area contributed by atoms with E-state index >= 15 is 0 Å². The van der Waals surface area contributed by atoms with Crippen LogP contribution in [0.25, 0.3) is 11.0 Å². The fourth-order valence-electron chi connectivity index (χ4n) is 1.68. The largest absolute Gasteiger partial charge is 0.477 e. The molecule has 0 spiro atoms. The average molecular weight is 214 g/mol. The molecule has 1 aromatic carbocycles. The molecule has 5 heteroatoms. The SMILES string of the molecule is [B]Cc1ccc2nc(OC)c(=O)[nH]c2c1C. The van der Waals surface area contributed by atoms with Gasteiger partial charge in [-0.2, -0.15) is 0 Å². The molecule has 0 bridgehead atoms. The van der Waals surface area contributed by atoms with Crippen LogP contribution in [0.3, 0.4) is 0 Å². The van der Waals surface area contributed by atoms with Crippen molar-refractivity contribution in [2.45, 2.75) is 13.2 Å². The molecule has 4 nitrogen and oxygen atoms in total. The van der Waals surface area contributed by atoms with Gasteiger partial charge in [0.1, 0.15) is 0 Å². The van der Waals surface area contributed by atoms with Gasteiger partial charge < -0.3 is 9.72 Å². The summed E-state index contributed by atoms with van der Waals surface area (Å²) in [5.41, 5.74) is 3.04. The number of nitrogens with zero attached hydrogens (tertiary/aromatic N) is 1. The first kappa shape index (κ1) is 10.7. The van der Waals surface area contributed by atoms with E-state index in [1.807, 2.05) is 19.1 Å². The minimum absolute atomic E-state index is 0.0763. The first-order valence-electron chi connectivity index (χ1n) is 4.94. The van der Waals surface area contributed by atoms with Crippen molar-refractivity contribution in [1.29, 1.82) is 0 Å². The number of fused-ring (bicyclic) bond motifs is 1. The van der Waals surface area contributed by atoms with E-state index in [-0.39, 0.29) is 11.4 Å². The maximum atomic E-state index is 11.5. The van der Waals surface area contributed by atoms with Gasteiger partial charge in [-0.1, -0.05) is 17.9 Å². The number of aromatic nitrogens is 2. The molecule has 2 radical (unpaired) electrons. The Morgan fingerprint density at radius 3 is 2.88 bits per heavy atom. The number of benzene rings is 1. The van der Waals surface area contributed by atoms with E-state index < -0.39 is 0 Å². The number of hydrogen-bond acceptors (Lipinski definition) is 3. The van der Waals surface area contributed by atoms with Crippen LogP contribution in [0, 0.1) is 6.92 Å². The van der Waals surface area contributed by atoms with Gasteiger partial charge in [0.2, 0.25) is 0 Å². The Bertz CT molecular complexity index is 592. The zero-order chi connectivity index (χ0) is 11.7. The smallest absolute Gasteiger partial charge is 0.311 e. The van der Waals surface area contributed by atoms with Gasteiger partial charge in [-0.25, -0.2) is 4.98 Å². The minimum atomic E-state index is -0.327. The summed E-state index contributed by atoms with van der Waals surface area (Å²) in [6.07, 6.45) is 0.440. The molecule has 80 valence electrons. The minimum Gasteiger partial charge on any atom is -0.477 e. The topological polar surface area (TPSA) is 55.0 Å². The zero-order valence-corrected chi connectivity index (χ0v) is 9.20. The number of hydrogen-bond donors (Lipinski definition) is 1. The van der Waals surface area contributed by atoms with Gasteiger partial charge in [0, 0.05) is 0 Å². The van der Waals surface area contributed by atoms with E-state index in [2.05, 4.69) is 9.97 Å². The summed E-state index contributed by atoms with van der Waals surface area (Å²) in [6.45, 7) is 1.91. The predicted molar refractivity (Wildman–Crippen MR) is 63.1 cm³/mol. The maximum absolute atomic E-state index is 11.5. The number of rotatable bonds is 2. The summed E-state index contributed by atoms with van der Waals surface area (Å²) < 4.78 is 4.87. The summed E-state index contributed by atoms with van der Waals surface area (Å²) in [4.78, 5) is 18.4. The van der Waals surface area contributed by atoms with Gasteiger partial charge in [0.25, 0.3) is 5.88 Å². The molecule has 0 fully saturated rings. The summed E-state index contributed by atoms with van der Waals surface area (Å²) >= 11 is 0. The van der Waals surface area contributed by atoms with E-state index in [9.17, 15) is 4.79 Å². The first-order chi connectivity index (χ1) is 7.67. The monoisotopic (exact) mass is 214 g/mol. The lowest BCUT2D eigenvalue weighted by atomic mass is 9.93. The number of ether oxygens (including phenoxy) is 1. The van der Waals surface area contributed by atoms with E-state index in [0.717, 1.165) is 11.1 Å². The van der Waals surface area contributed by atoms with E-state index in [4.69, 9.17) is 12.6 Å². The molecule has 0 aliphatic rings. The molecule has 16 heavy (non-hydrogen) atoms. The Morgan fingerprint density at radius 2 is 2.25 bits per heavy atom. The first-order valence-corrected chi connectivity index (χ1v) is 4.94. The van der Waals surface area contributed by atoms with Crippen LogP contribution in [0.5, 0.6) is 5.88 Å². The number of methoxy groups -OCH3 is 1. The third-order valence-electron chi connectivity index (χ3n) is 2.62.